The minimum atomic E-state index is -0.394. The molecule has 3 aromatic rings. The van der Waals surface area contributed by atoms with Crippen molar-refractivity contribution in [2.24, 2.45) is 0 Å². The van der Waals surface area contributed by atoms with Crippen molar-refractivity contribution in [2.45, 2.75) is 18.5 Å². The maximum Gasteiger partial charge on any atom is 0.337 e. The number of rotatable bonds is 8. The highest BCUT2D eigenvalue weighted by molar-refractivity contribution is 5.92. The fraction of sp³-hybridized carbons (Fsp3) is 0.250. The Morgan fingerprint density at radius 3 is 1.71 bits per heavy atom. The largest absolute Gasteiger partial charge is 0.497 e. The van der Waals surface area contributed by atoms with Gasteiger partial charge in [-0.25, -0.2) is 4.79 Å². The van der Waals surface area contributed by atoms with Gasteiger partial charge in [0.25, 0.3) is 0 Å². The van der Waals surface area contributed by atoms with Gasteiger partial charge in [-0.2, -0.15) is 0 Å². The third kappa shape index (κ3) is 5.41. The second-order valence-electron chi connectivity index (χ2n) is 8.14. The Labute approximate surface area is 205 Å². The molecule has 0 saturated heterocycles. The van der Waals surface area contributed by atoms with Gasteiger partial charge in [0, 0.05) is 23.8 Å². The molecule has 7 nitrogen and oxygen atoms in total. The Morgan fingerprint density at radius 1 is 0.743 bits per heavy atom. The van der Waals surface area contributed by atoms with Gasteiger partial charge in [-0.3, -0.25) is 5.32 Å². The molecule has 3 aromatic carbocycles. The van der Waals surface area contributed by atoms with Gasteiger partial charge in [0.2, 0.25) is 0 Å². The van der Waals surface area contributed by atoms with Crippen LogP contribution in [0.1, 0.15) is 29.6 Å². The van der Waals surface area contributed by atoms with Crippen molar-refractivity contribution in [2.75, 3.05) is 33.8 Å². The number of hydrogen-bond donors (Lipinski definition) is 2. The van der Waals surface area contributed by atoms with E-state index in [4.69, 9.17) is 18.9 Å². The second kappa shape index (κ2) is 11.0. The Morgan fingerprint density at radius 2 is 1.23 bits per heavy atom. The summed E-state index contributed by atoms with van der Waals surface area (Å²) in [5.41, 5.74) is 4.20. The number of methoxy groups -OCH3 is 4. The van der Waals surface area contributed by atoms with Gasteiger partial charge in [-0.15, -0.1) is 0 Å². The Kier molecular flexibility index (Phi) is 7.57. The van der Waals surface area contributed by atoms with Gasteiger partial charge in [-0.05, 0) is 59.7 Å². The van der Waals surface area contributed by atoms with E-state index in [9.17, 15) is 4.79 Å². The standard InChI is InChI=1S/C28H30N2O5/c1-32-21-11-5-18(6-12-21)24-17-25(29-20-9-15-23(34-3)16-10-20)26(28(31)35-4)27(30-24)19-7-13-22(33-2)14-8-19/h5-16,24,27,29-30H,17H2,1-4H3/t24-,27+/m0/s1. The van der Waals surface area contributed by atoms with Gasteiger partial charge < -0.3 is 24.3 Å². The van der Waals surface area contributed by atoms with E-state index in [1.165, 1.54) is 7.11 Å². The summed E-state index contributed by atoms with van der Waals surface area (Å²) in [6.45, 7) is 0. The monoisotopic (exact) mass is 474 g/mol. The van der Waals surface area contributed by atoms with Crippen LogP contribution in [0.15, 0.2) is 84.1 Å². The second-order valence-corrected chi connectivity index (χ2v) is 8.14. The summed E-state index contributed by atoms with van der Waals surface area (Å²) in [7, 11) is 6.31. The zero-order valence-electron chi connectivity index (χ0n) is 20.3. The highest BCUT2D eigenvalue weighted by Crippen LogP contribution is 2.39. The minimum absolute atomic E-state index is 0.0536. The van der Waals surface area contributed by atoms with Crippen LogP contribution in [0.5, 0.6) is 17.2 Å². The predicted octanol–water partition coefficient (Wildman–Crippen LogP) is 5.03. The van der Waals surface area contributed by atoms with Crippen molar-refractivity contribution in [1.82, 2.24) is 5.32 Å². The lowest BCUT2D eigenvalue weighted by Gasteiger charge is -2.35. The molecule has 4 rings (SSSR count). The number of nitrogens with one attached hydrogen (secondary N) is 2. The number of anilines is 1. The maximum atomic E-state index is 13.1. The maximum absolute atomic E-state index is 13.1. The van der Waals surface area contributed by atoms with Gasteiger partial charge in [0.1, 0.15) is 17.2 Å². The summed E-state index contributed by atoms with van der Waals surface area (Å²) < 4.78 is 21.2. The van der Waals surface area contributed by atoms with Crippen LogP contribution in [-0.2, 0) is 9.53 Å². The summed E-state index contributed by atoms with van der Waals surface area (Å²) in [4.78, 5) is 13.1. The van der Waals surface area contributed by atoms with Crippen molar-refractivity contribution in [3.05, 3.63) is 95.2 Å². The first kappa shape index (κ1) is 24.2. The molecule has 0 amide bonds. The zero-order valence-corrected chi connectivity index (χ0v) is 20.3. The molecule has 2 N–H and O–H groups in total. The summed E-state index contributed by atoms with van der Waals surface area (Å²) in [5.74, 6) is 1.91. The number of carbonyl (C=O) groups is 1. The van der Waals surface area contributed by atoms with E-state index in [1.54, 1.807) is 21.3 Å². The molecule has 0 spiro atoms. The van der Waals surface area contributed by atoms with Gasteiger partial charge in [-0.1, -0.05) is 24.3 Å². The third-order valence-electron chi connectivity index (χ3n) is 6.15. The average Bonchev–Trinajstić information content (AvgIpc) is 2.92. The third-order valence-corrected chi connectivity index (χ3v) is 6.15. The fourth-order valence-corrected chi connectivity index (χ4v) is 4.26. The van der Waals surface area contributed by atoms with E-state index in [1.807, 2.05) is 72.8 Å². The number of carbonyl (C=O) groups excluding carboxylic acids is 1. The molecule has 0 unspecified atom stereocenters. The molecule has 7 heteroatoms. The molecule has 35 heavy (non-hydrogen) atoms. The smallest absolute Gasteiger partial charge is 0.337 e. The molecule has 0 radical (unpaired) electrons. The van der Waals surface area contributed by atoms with E-state index in [0.717, 1.165) is 39.8 Å². The van der Waals surface area contributed by atoms with Crippen LogP contribution in [0.25, 0.3) is 0 Å². The number of hydrogen-bond acceptors (Lipinski definition) is 7. The molecule has 0 fully saturated rings. The molecule has 182 valence electrons. The lowest BCUT2D eigenvalue weighted by atomic mass is 9.87. The van der Waals surface area contributed by atoms with Crippen LogP contribution < -0.4 is 24.8 Å². The number of ether oxygens (including phenoxy) is 4. The molecule has 1 aliphatic heterocycles. The molecule has 1 heterocycles. The summed E-state index contributed by atoms with van der Waals surface area (Å²) in [5, 5.41) is 7.14. The van der Waals surface area contributed by atoms with Crippen LogP contribution in [-0.4, -0.2) is 34.4 Å². The first-order valence-electron chi connectivity index (χ1n) is 11.3. The van der Waals surface area contributed by atoms with Crippen molar-refractivity contribution in [1.29, 1.82) is 0 Å². The van der Waals surface area contributed by atoms with E-state index >= 15 is 0 Å². The highest BCUT2D eigenvalue weighted by Gasteiger charge is 2.35. The lowest BCUT2D eigenvalue weighted by Crippen LogP contribution is -2.37. The van der Waals surface area contributed by atoms with Gasteiger partial charge in [0.15, 0.2) is 0 Å². The quantitative estimate of drug-likeness (QED) is 0.444. The normalized spacial score (nSPS) is 17.5. The van der Waals surface area contributed by atoms with Crippen molar-refractivity contribution < 1.29 is 23.7 Å². The van der Waals surface area contributed by atoms with E-state index in [0.29, 0.717) is 12.0 Å². The van der Waals surface area contributed by atoms with Gasteiger partial charge >= 0.3 is 5.97 Å². The van der Waals surface area contributed by atoms with Crippen molar-refractivity contribution in [3.8, 4) is 17.2 Å². The molecule has 0 aliphatic carbocycles. The van der Waals surface area contributed by atoms with Crippen molar-refractivity contribution in [3.63, 3.8) is 0 Å². The average molecular weight is 475 g/mol. The summed E-state index contributed by atoms with van der Waals surface area (Å²) in [6, 6.07) is 22.8. The van der Waals surface area contributed by atoms with Crippen LogP contribution in [0.4, 0.5) is 5.69 Å². The lowest BCUT2D eigenvalue weighted by molar-refractivity contribution is -0.136. The molecular weight excluding hydrogens is 444 g/mol. The molecule has 2 atom stereocenters. The number of benzene rings is 3. The fourth-order valence-electron chi connectivity index (χ4n) is 4.26. The van der Waals surface area contributed by atoms with Gasteiger partial charge in [0.05, 0.1) is 40.1 Å². The SMILES string of the molecule is COC(=O)C1=C(Nc2ccc(OC)cc2)C[C@@H](c2ccc(OC)cc2)N[C@@H]1c1ccc(OC)cc1. The highest BCUT2D eigenvalue weighted by atomic mass is 16.5. The van der Waals surface area contributed by atoms with Crippen LogP contribution in [0, 0.1) is 0 Å². The molecule has 1 aliphatic rings. The van der Waals surface area contributed by atoms with Crippen LogP contribution in [0.3, 0.4) is 0 Å². The first-order chi connectivity index (χ1) is 17.1. The zero-order chi connectivity index (χ0) is 24.8. The van der Waals surface area contributed by atoms with E-state index < -0.39 is 6.04 Å². The first-order valence-corrected chi connectivity index (χ1v) is 11.3. The predicted molar refractivity (Wildman–Crippen MR) is 135 cm³/mol. The van der Waals surface area contributed by atoms with Crippen molar-refractivity contribution >= 4 is 11.7 Å². The molecule has 0 aromatic heterocycles. The van der Waals surface area contributed by atoms with Crippen LogP contribution >= 0.6 is 0 Å². The number of esters is 1. The topological polar surface area (TPSA) is 78.1 Å². The molecule has 0 saturated carbocycles. The van der Waals surface area contributed by atoms with E-state index in [2.05, 4.69) is 10.6 Å². The molecular formula is C28H30N2O5. The Balaban J connectivity index is 1.78. The Bertz CT molecular complexity index is 1170. The summed E-state index contributed by atoms with van der Waals surface area (Å²) >= 11 is 0. The van der Waals surface area contributed by atoms with Crippen LogP contribution in [0.2, 0.25) is 0 Å². The summed E-state index contributed by atoms with van der Waals surface area (Å²) in [6.07, 6.45) is 0.565. The minimum Gasteiger partial charge on any atom is -0.497 e. The molecule has 0 bridgehead atoms. The Hall–Kier alpha value is -3.97. The van der Waals surface area contributed by atoms with E-state index in [-0.39, 0.29) is 12.0 Å².